The fourth-order valence-electron chi connectivity index (χ4n) is 2.41. The molecule has 1 aromatic heterocycles. The molecule has 1 aliphatic carbocycles. The van der Waals surface area contributed by atoms with Crippen molar-refractivity contribution in [3.05, 3.63) is 12.2 Å². The van der Waals surface area contributed by atoms with E-state index in [1.54, 1.807) is 6.33 Å². The zero-order chi connectivity index (χ0) is 10.7. The molecule has 0 aliphatic heterocycles. The number of aryl methyl sites for hydroxylation is 1. The van der Waals surface area contributed by atoms with Crippen LogP contribution in [0, 0.1) is 5.92 Å². The summed E-state index contributed by atoms with van der Waals surface area (Å²) >= 11 is 0. The third-order valence-corrected chi connectivity index (χ3v) is 3.47. The van der Waals surface area contributed by atoms with E-state index >= 15 is 0 Å². The average molecular weight is 208 g/mol. The lowest BCUT2D eigenvalue weighted by Crippen LogP contribution is -2.31. The highest BCUT2D eigenvalue weighted by atomic mass is 15.3. The molecule has 0 radical (unpaired) electrons. The van der Waals surface area contributed by atoms with E-state index in [1.165, 1.54) is 32.1 Å². The van der Waals surface area contributed by atoms with Crippen LogP contribution in [-0.4, -0.2) is 20.8 Å². The summed E-state index contributed by atoms with van der Waals surface area (Å²) in [4.78, 5) is 4.27. The average Bonchev–Trinajstić information content (AvgIpc) is 2.50. The molecule has 4 nitrogen and oxygen atoms in total. The number of nitrogens with zero attached hydrogens (tertiary/aromatic N) is 3. The second kappa shape index (κ2) is 4.75. The first-order valence-corrected chi connectivity index (χ1v) is 5.86. The summed E-state index contributed by atoms with van der Waals surface area (Å²) in [6.07, 6.45) is 8.96. The maximum absolute atomic E-state index is 6.19. The van der Waals surface area contributed by atoms with Gasteiger partial charge < -0.3 is 5.73 Å². The fraction of sp³-hybridized carbons (Fsp3) is 0.818. The van der Waals surface area contributed by atoms with Gasteiger partial charge in [0.2, 0.25) is 0 Å². The lowest BCUT2D eigenvalue weighted by Gasteiger charge is -2.20. The van der Waals surface area contributed by atoms with E-state index in [9.17, 15) is 0 Å². The summed E-state index contributed by atoms with van der Waals surface area (Å²) in [5.74, 6) is 1.66. The SMILES string of the molecule is Cn1ncnc1CC1CCCCCC1N. The van der Waals surface area contributed by atoms with Gasteiger partial charge in [-0.3, -0.25) is 4.68 Å². The Hall–Kier alpha value is -0.900. The summed E-state index contributed by atoms with van der Waals surface area (Å²) in [6, 6.07) is 0.351. The first-order chi connectivity index (χ1) is 7.27. The first kappa shape index (κ1) is 10.6. The topological polar surface area (TPSA) is 56.7 Å². The maximum Gasteiger partial charge on any atom is 0.138 e. The number of hydrogen-bond acceptors (Lipinski definition) is 3. The maximum atomic E-state index is 6.19. The van der Waals surface area contributed by atoms with E-state index in [-0.39, 0.29) is 0 Å². The van der Waals surface area contributed by atoms with E-state index in [1.807, 2.05) is 11.7 Å². The number of rotatable bonds is 2. The highest BCUT2D eigenvalue weighted by Crippen LogP contribution is 2.24. The second-order valence-corrected chi connectivity index (χ2v) is 4.57. The molecular weight excluding hydrogens is 188 g/mol. The lowest BCUT2D eigenvalue weighted by atomic mass is 9.92. The molecule has 0 spiro atoms. The Bertz CT molecular complexity index is 307. The minimum absolute atomic E-state index is 0.351. The third kappa shape index (κ3) is 2.56. The van der Waals surface area contributed by atoms with Gasteiger partial charge in [-0.2, -0.15) is 5.10 Å². The predicted molar refractivity (Wildman–Crippen MR) is 59.3 cm³/mol. The van der Waals surface area contributed by atoms with E-state index in [0.717, 1.165) is 12.2 Å². The van der Waals surface area contributed by atoms with Crippen LogP contribution in [0.25, 0.3) is 0 Å². The van der Waals surface area contributed by atoms with Crippen molar-refractivity contribution in [2.75, 3.05) is 0 Å². The number of aromatic nitrogens is 3. The molecule has 4 heteroatoms. The monoisotopic (exact) mass is 208 g/mol. The minimum atomic E-state index is 0.351. The Morgan fingerprint density at radius 3 is 2.93 bits per heavy atom. The lowest BCUT2D eigenvalue weighted by molar-refractivity contribution is 0.383. The fourth-order valence-corrected chi connectivity index (χ4v) is 2.41. The first-order valence-electron chi connectivity index (χ1n) is 5.86. The van der Waals surface area contributed by atoms with Crippen molar-refractivity contribution in [2.24, 2.45) is 18.7 Å². The summed E-state index contributed by atoms with van der Waals surface area (Å²) < 4.78 is 1.86. The molecule has 1 saturated carbocycles. The number of hydrogen-bond donors (Lipinski definition) is 1. The van der Waals surface area contributed by atoms with Gasteiger partial charge in [0.05, 0.1) is 0 Å². The molecule has 1 aromatic rings. The molecule has 2 unspecified atom stereocenters. The van der Waals surface area contributed by atoms with Crippen molar-refractivity contribution >= 4 is 0 Å². The van der Waals surface area contributed by atoms with Crippen LogP contribution in [0.15, 0.2) is 6.33 Å². The summed E-state index contributed by atoms with van der Waals surface area (Å²) in [6.45, 7) is 0. The van der Waals surface area contributed by atoms with Gasteiger partial charge in [0, 0.05) is 19.5 Å². The molecule has 1 aliphatic rings. The molecule has 1 heterocycles. The normalized spacial score (nSPS) is 27.6. The van der Waals surface area contributed by atoms with Crippen LogP contribution in [0.4, 0.5) is 0 Å². The molecular formula is C11H20N4. The van der Waals surface area contributed by atoms with E-state index in [0.29, 0.717) is 12.0 Å². The van der Waals surface area contributed by atoms with Gasteiger partial charge in [0.15, 0.2) is 0 Å². The van der Waals surface area contributed by atoms with E-state index < -0.39 is 0 Å². The Kier molecular flexibility index (Phi) is 3.36. The molecule has 0 bridgehead atoms. The van der Waals surface area contributed by atoms with Gasteiger partial charge in [-0.05, 0) is 18.8 Å². The Morgan fingerprint density at radius 2 is 2.20 bits per heavy atom. The van der Waals surface area contributed by atoms with Crippen molar-refractivity contribution in [3.8, 4) is 0 Å². The molecule has 2 N–H and O–H groups in total. The Balaban J connectivity index is 2.00. The van der Waals surface area contributed by atoms with Crippen LogP contribution in [-0.2, 0) is 13.5 Å². The highest BCUT2D eigenvalue weighted by molar-refractivity contribution is 4.90. The van der Waals surface area contributed by atoms with Crippen LogP contribution in [0.1, 0.15) is 37.9 Å². The van der Waals surface area contributed by atoms with Gasteiger partial charge in [-0.15, -0.1) is 0 Å². The molecule has 0 aromatic carbocycles. The van der Waals surface area contributed by atoms with Gasteiger partial charge in [-0.1, -0.05) is 19.3 Å². The molecule has 1 fully saturated rings. The Labute approximate surface area is 90.9 Å². The summed E-state index contributed by atoms with van der Waals surface area (Å²) in [5, 5.41) is 4.10. The van der Waals surface area contributed by atoms with Crippen LogP contribution in [0.5, 0.6) is 0 Å². The van der Waals surface area contributed by atoms with Gasteiger partial charge in [-0.25, -0.2) is 4.98 Å². The van der Waals surface area contributed by atoms with Gasteiger partial charge in [0.1, 0.15) is 12.2 Å². The minimum Gasteiger partial charge on any atom is -0.327 e. The zero-order valence-electron chi connectivity index (χ0n) is 9.39. The van der Waals surface area contributed by atoms with Gasteiger partial charge >= 0.3 is 0 Å². The molecule has 0 saturated heterocycles. The second-order valence-electron chi connectivity index (χ2n) is 4.57. The number of nitrogens with two attached hydrogens (primary N) is 1. The van der Waals surface area contributed by atoms with Crippen LogP contribution >= 0.6 is 0 Å². The quantitative estimate of drug-likeness (QED) is 0.744. The summed E-state index contributed by atoms with van der Waals surface area (Å²) in [7, 11) is 1.95. The van der Waals surface area contributed by atoms with Crippen LogP contribution in [0.2, 0.25) is 0 Å². The largest absolute Gasteiger partial charge is 0.327 e. The smallest absolute Gasteiger partial charge is 0.138 e. The van der Waals surface area contributed by atoms with Crippen molar-refractivity contribution in [1.29, 1.82) is 0 Å². The van der Waals surface area contributed by atoms with Crippen LogP contribution < -0.4 is 5.73 Å². The van der Waals surface area contributed by atoms with E-state index in [2.05, 4.69) is 10.1 Å². The van der Waals surface area contributed by atoms with Crippen molar-refractivity contribution in [2.45, 2.75) is 44.6 Å². The van der Waals surface area contributed by atoms with Gasteiger partial charge in [0.25, 0.3) is 0 Å². The Morgan fingerprint density at radius 1 is 1.40 bits per heavy atom. The predicted octanol–water partition coefficient (Wildman–Crippen LogP) is 1.27. The van der Waals surface area contributed by atoms with Crippen molar-refractivity contribution < 1.29 is 0 Å². The molecule has 2 rings (SSSR count). The summed E-state index contributed by atoms with van der Waals surface area (Å²) in [5.41, 5.74) is 6.19. The zero-order valence-corrected chi connectivity index (χ0v) is 9.39. The van der Waals surface area contributed by atoms with Crippen LogP contribution in [0.3, 0.4) is 0 Å². The van der Waals surface area contributed by atoms with Crippen molar-refractivity contribution in [3.63, 3.8) is 0 Å². The molecule has 0 amide bonds. The highest BCUT2D eigenvalue weighted by Gasteiger charge is 2.22. The molecule has 84 valence electrons. The molecule has 2 atom stereocenters. The standard InChI is InChI=1S/C11H20N4/c1-15-11(13-8-14-15)7-9-5-3-2-4-6-10(9)12/h8-10H,2-7,12H2,1H3. The molecule has 15 heavy (non-hydrogen) atoms. The third-order valence-electron chi connectivity index (χ3n) is 3.47. The van der Waals surface area contributed by atoms with E-state index in [4.69, 9.17) is 5.73 Å². The van der Waals surface area contributed by atoms with Crippen molar-refractivity contribution in [1.82, 2.24) is 14.8 Å².